The number of aromatic nitrogens is 3. The van der Waals surface area contributed by atoms with Gasteiger partial charge in [0, 0.05) is 27.1 Å². The highest BCUT2D eigenvalue weighted by Gasteiger charge is 2.10. The van der Waals surface area contributed by atoms with Gasteiger partial charge in [-0.25, -0.2) is 9.97 Å². The Hall–Kier alpha value is -2.46. The van der Waals surface area contributed by atoms with Crippen LogP contribution in [0.2, 0.25) is 0 Å². The van der Waals surface area contributed by atoms with Crippen molar-refractivity contribution in [3.8, 4) is 11.3 Å². The van der Waals surface area contributed by atoms with Gasteiger partial charge in [0.1, 0.15) is 5.82 Å². The van der Waals surface area contributed by atoms with Crippen molar-refractivity contribution in [2.24, 2.45) is 4.99 Å². The number of nitrogens with one attached hydrogen (secondary N) is 2. The molecule has 0 saturated heterocycles. The molecule has 0 aliphatic carbocycles. The molecule has 2 N–H and O–H groups in total. The maximum absolute atomic E-state index is 4.71. The standard InChI is InChI=1S/C23H26N6S.HI/c1-24-23(25-14-8-13-22-28-18-11-6-7-12-20(18)30-22)29(2)16-21-26-15-19(27-21)17-9-4-3-5-10-17;/h3-7,9-12,15H,8,13-14,16H2,1-2H3,(H,24,25)(H,26,27);1H. The fourth-order valence-corrected chi connectivity index (χ4v) is 4.37. The van der Waals surface area contributed by atoms with E-state index in [0.29, 0.717) is 6.54 Å². The highest BCUT2D eigenvalue weighted by Crippen LogP contribution is 2.22. The van der Waals surface area contributed by atoms with E-state index in [2.05, 4.69) is 55.5 Å². The third kappa shape index (κ3) is 6.04. The number of H-pyrrole nitrogens is 1. The summed E-state index contributed by atoms with van der Waals surface area (Å²) < 4.78 is 1.25. The number of hydrogen-bond acceptors (Lipinski definition) is 4. The minimum atomic E-state index is 0. The van der Waals surface area contributed by atoms with Crippen molar-refractivity contribution in [2.45, 2.75) is 19.4 Å². The van der Waals surface area contributed by atoms with Gasteiger partial charge in [-0.2, -0.15) is 0 Å². The lowest BCUT2D eigenvalue weighted by molar-refractivity contribution is 0.463. The van der Waals surface area contributed by atoms with E-state index in [4.69, 9.17) is 4.98 Å². The molecule has 0 unspecified atom stereocenters. The monoisotopic (exact) mass is 546 g/mol. The maximum Gasteiger partial charge on any atom is 0.193 e. The van der Waals surface area contributed by atoms with E-state index in [1.54, 1.807) is 11.3 Å². The summed E-state index contributed by atoms with van der Waals surface area (Å²) in [5, 5.41) is 4.63. The molecule has 6 nitrogen and oxygen atoms in total. The van der Waals surface area contributed by atoms with Gasteiger partial charge in [-0.15, -0.1) is 35.3 Å². The first kappa shape index (κ1) is 23.2. The van der Waals surface area contributed by atoms with Gasteiger partial charge in [0.05, 0.1) is 33.7 Å². The molecule has 0 aliphatic heterocycles. The third-order valence-electron chi connectivity index (χ3n) is 4.86. The number of rotatable bonds is 7. The Morgan fingerprint density at radius 2 is 1.90 bits per heavy atom. The Morgan fingerprint density at radius 1 is 1.13 bits per heavy atom. The number of fused-ring (bicyclic) bond motifs is 1. The number of aromatic amines is 1. The number of nitrogens with zero attached hydrogens (tertiary/aromatic N) is 4. The van der Waals surface area contributed by atoms with Crippen molar-refractivity contribution in [1.29, 1.82) is 0 Å². The largest absolute Gasteiger partial charge is 0.356 e. The van der Waals surface area contributed by atoms with Crippen molar-refractivity contribution in [3.63, 3.8) is 0 Å². The van der Waals surface area contributed by atoms with Crippen molar-refractivity contribution < 1.29 is 0 Å². The van der Waals surface area contributed by atoms with E-state index in [1.807, 2.05) is 44.6 Å². The average Bonchev–Trinajstić information content (AvgIpc) is 3.41. The van der Waals surface area contributed by atoms with Crippen molar-refractivity contribution >= 4 is 51.5 Å². The van der Waals surface area contributed by atoms with Gasteiger partial charge in [0.15, 0.2) is 5.96 Å². The molecule has 162 valence electrons. The van der Waals surface area contributed by atoms with Crippen LogP contribution in [0.15, 0.2) is 65.8 Å². The van der Waals surface area contributed by atoms with E-state index in [9.17, 15) is 0 Å². The normalized spacial score (nSPS) is 11.4. The lowest BCUT2D eigenvalue weighted by atomic mass is 10.2. The second-order valence-electron chi connectivity index (χ2n) is 7.12. The molecule has 0 radical (unpaired) electrons. The van der Waals surface area contributed by atoms with Gasteiger partial charge < -0.3 is 15.2 Å². The number of aryl methyl sites for hydroxylation is 1. The molecule has 2 heterocycles. The Bertz CT molecular complexity index is 1090. The van der Waals surface area contributed by atoms with E-state index in [0.717, 1.165) is 47.9 Å². The first-order valence-electron chi connectivity index (χ1n) is 10.1. The summed E-state index contributed by atoms with van der Waals surface area (Å²) in [5.41, 5.74) is 3.25. The molecule has 4 aromatic rings. The van der Waals surface area contributed by atoms with Crippen LogP contribution in [0.25, 0.3) is 21.5 Å². The van der Waals surface area contributed by atoms with Gasteiger partial charge in [0.2, 0.25) is 0 Å². The van der Waals surface area contributed by atoms with Crippen molar-refractivity contribution in [3.05, 3.63) is 71.6 Å². The van der Waals surface area contributed by atoms with Crippen LogP contribution < -0.4 is 5.32 Å². The smallest absolute Gasteiger partial charge is 0.193 e. The van der Waals surface area contributed by atoms with Gasteiger partial charge >= 0.3 is 0 Å². The molecule has 8 heteroatoms. The summed E-state index contributed by atoms with van der Waals surface area (Å²) in [6.45, 7) is 1.50. The minimum Gasteiger partial charge on any atom is -0.356 e. The molecule has 0 atom stereocenters. The molecule has 31 heavy (non-hydrogen) atoms. The second-order valence-corrected chi connectivity index (χ2v) is 8.23. The molecular formula is C23H27IN6S. The summed E-state index contributed by atoms with van der Waals surface area (Å²) in [7, 11) is 3.83. The van der Waals surface area contributed by atoms with Crippen molar-refractivity contribution in [2.75, 3.05) is 20.6 Å². The highest BCUT2D eigenvalue weighted by atomic mass is 127. The Morgan fingerprint density at radius 3 is 2.68 bits per heavy atom. The lowest BCUT2D eigenvalue weighted by Crippen LogP contribution is -2.39. The van der Waals surface area contributed by atoms with E-state index in [1.165, 1.54) is 9.71 Å². The Kier molecular flexibility index (Phi) is 8.42. The average molecular weight is 546 g/mol. The number of para-hydroxylation sites is 1. The highest BCUT2D eigenvalue weighted by molar-refractivity contribution is 14.0. The summed E-state index contributed by atoms with van der Waals surface area (Å²) in [5.74, 6) is 1.77. The van der Waals surface area contributed by atoms with Crippen LogP contribution in [0.5, 0.6) is 0 Å². The number of imidazole rings is 1. The quantitative estimate of drug-likeness (QED) is 0.149. The van der Waals surface area contributed by atoms with Gasteiger partial charge in [-0.3, -0.25) is 4.99 Å². The first-order valence-corrected chi connectivity index (χ1v) is 10.9. The van der Waals surface area contributed by atoms with E-state index in [-0.39, 0.29) is 24.0 Å². The van der Waals surface area contributed by atoms with Gasteiger partial charge in [0.25, 0.3) is 0 Å². The zero-order valence-electron chi connectivity index (χ0n) is 17.7. The summed E-state index contributed by atoms with van der Waals surface area (Å²) in [4.78, 5) is 19.1. The number of halogens is 1. The number of guanidine groups is 1. The molecule has 0 fully saturated rings. The van der Waals surface area contributed by atoms with Crippen LogP contribution in [-0.2, 0) is 13.0 Å². The lowest BCUT2D eigenvalue weighted by Gasteiger charge is -2.21. The molecule has 2 aromatic carbocycles. The molecule has 0 bridgehead atoms. The Balaban J connectivity index is 0.00000272. The van der Waals surface area contributed by atoms with Crippen LogP contribution in [0.3, 0.4) is 0 Å². The Labute approximate surface area is 203 Å². The van der Waals surface area contributed by atoms with Crippen LogP contribution in [-0.4, -0.2) is 46.5 Å². The fourth-order valence-electron chi connectivity index (χ4n) is 3.36. The number of thiazole rings is 1. The fraction of sp³-hybridized carbons (Fsp3) is 0.261. The maximum atomic E-state index is 4.71. The molecular weight excluding hydrogens is 519 g/mol. The van der Waals surface area contributed by atoms with Crippen molar-refractivity contribution in [1.82, 2.24) is 25.2 Å². The molecule has 0 amide bonds. The number of aliphatic imine (C=N–C) groups is 1. The molecule has 0 saturated carbocycles. The zero-order chi connectivity index (χ0) is 20.8. The van der Waals surface area contributed by atoms with E-state index < -0.39 is 0 Å². The summed E-state index contributed by atoms with van der Waals surface area (Å²) in [6.07, 6.45) is 3.85. The van der Waals surface area contributed by atoms with Crippen LogP contribution in [0, 0.1) is 0 Å². The summed E-state index contributed by atoms with van der Waals surface area (Å²) >= 11 is 1.78. The van der Waals surface area contributed by atoms with Gasteiger partial charge in [-0.05, 0) is 24.1 Å². The zero-order valence-corrected chi connectivity index (χ0v) is 20.9. The molecule has 0 spiro atoms. The third-order valence-corrected chi connectivity index (χ3v) is 5.96. The molecule has 4 rings (SSSR count). The first-order chi connectivity index (χ1) is 14.7. The second kappa shape index (κ2) is 11.2. The van der Waals surface area contributed by atoms with E-state index >= 15 is 0 Å². The van der Waals surface area contributed by atoms with Crippen LogP contribution in [0.1, 0.15) is 17.3 Å². The minimum absolute atomic E-state index is 0. The van der Waals surface area contributed by atoms with Crippen LogP contribution in [0.4, 0.5) is 0 Å². The van der Waals surface area contributed by atoms with Gasteiger partial charge in [-0.1, -0.05) is 42.5 Å². The molecule has 2 aromatic heterocycles. The predicted octanol–water partition coefficient (Wildman–Crippen LogP) is 4.94. The number of hydrogen-bond donors (Lipinski definition) is 2. The topological polar surface area (TPSA) is 69.2 Å². The number of benzene rings is 2. The predicted molar refractivity (Wildman–Crippen MR) is 140 cm³/mol. The molecule has 0 aliphatic rings. The van der Waals surface area contributed by atoms with Crippen LogP contribution >= 0.6 is 35.3 Å². The summed E-state index contributed by atoms with van der Waals surface area (Å²) in [6, 6.07) is 18.5. The SMILES string of the molecule is CN=C(NCCCc1nc2ccccc2s1)N(C)Cc1ncc(-c2ccccc2)[nH]1.I.